The number of carbonyl (C=O) groups excluding carboxylic acids is 2. The molecule has 0 aliphatic rings. The number of ether oxygens (including phenoxy) is 1. The van der Waals surface area contributed by atoms with E-state index < -0.39 is 22.8 Å². The van der Waals surface area contributed by atoms with Crippen molar-refractivity contribution in [3.8, 4) is 5.75 Å². The molecule has 0 fully saturated rings. The van der Waals surface area contributed by atoms with E-state index in [1.54, 1.807) is 31.2 Å². The molecule has 2 rings (SSSR count). The fourth-order valence-corrected chi connectivity index (χ4v) is 1.78. The van der Waals surface area contributed by atoms with E-state index in [0.29, 0.717) is 5.75 Å². The third-order valence-electron chi connectivity index (χ3n) is 3.06. The second-order valence-electron chi connectivity index (χ2n) is 4.82. The topological polar surface area (TPSA) is 111 Å². The van der Waals surface area contributed by atoms with Gasteiger partial charge in [0.1, 0.15) is 5.75 Å². The molecular formula is C16H15N3O5. The summed E-state index contributed by atoms with van der Waals surface area (Å²) in [6, 6.07) is 13.8. The Morgan fingerprint density at radius 2 is 1.67 bits per heavy atom. The van der Waals surface area contributed by atoms with Gasteiger partial charge in [-0.15, -0.1) is 0 Å². The van der Waals surface area contributed by atoms with Gasteiger partial charge in [0.05, 0.1) is 4.92 Å². The van der Waals surface area contributed by atoms with Crippen LogP contribution in [0, 0.1) is 10.1 Å². The Morgan fingerprint density at radius 1 is 1.04 bits per heavy atom. The number of rotatable bonds is 5. The summed E-state index contributed by atoms with van der Waals surface area (Å²) >= 11 is 0. The van der Waals surface area contributed by atoms with Crippen LogP contribution < -0.4 is 15.6 Å². The summed E-state index contributed by atoms with van der Waals surface area (Å²) in [4.78, 5) is 33.8. The molecule has 0 aliphatic carbocycles. The first-order valence-corrected chi connectivity index (χ1v) is 7.03. The average molecular weight is 329 g/mol. The second-order valence-corrected chi connectivity index (χ2v) is 4.82. The van der Waals surface area contributed by atoms with E-state index in [0.717, 1.165) is 0 Å². The maximum atomic E-state index is 11.9. The van der Waals surface area contributed by atoms with Gasteiger partial charge in [-0.2, -0.15) is 0 Å². The number of nitrogens with zero attached hydrogens (tertiary/aromatic N) is 1. The van der Waals surface area contributed by atoms with Gasteiger partial charge in [0, 0.05) is 17.7 Å². The molecule has 0 aromatic heterocycles. The lowest BCUT2D eigenvalue weighted by Crippen LogP contribution is -2.47. The van der Waals surface area contributed by atoms with Crippen molar-refractivity contribution in [2.24, 2.45) is 0 Å². The maximum Gasteiger partial charge on any atom is 0.279 e. The van der Waals surface area contributed by atoms with Crippen molar-refractivity contribution >= 4 is 17.5 Å². The highest BCUT2D eigenvalue weighted by atomic mass is 16.6. The summed E-state index contributed by atoms with van der Waals surface area (Å²) in [5.74, 6) is -0.596. The van der Waals surface area contributed by atoms with E-state index in [1.807, 2.05) is 6.07 Å². The minimum absolute atomic E-state index is 0.125. The van der Waals surface area contributed by atoms with Gasteiger partial charge in [0.25, 0.3) is 17.5 Å². The largest absolute Gasteiger partial charge is 0.481 e. The van der Waals surface area contributed by atoms with Crippen molar-refractivity contribution < 1.29 is 19.2 Å². The Bertz CT molecular complexity index is 731. The Morgan fingerprint density at radius 3 is 2.25 bits per heavy atom. The molecule has 1 atom stereocenters. The number of hydrazine groups is 1. The minimum Gasteiger partial charge on any atom is -0.481 e. The van der Waals surface area contributed by atoms with Crippen LogP contribution in [0.3, 0.4) is 0 Å². The van der Waals surface area contributed by atoms with Crippen molar-refractivity contribution in [1.29, 1.82) is 0 Å². The average Bonchev–Trinajstić information content (AvgIpc) is 2.60. The number of para-hydroxylation sites is 1. The Hall–Kier alpha value is -3.42. The number of carbonyl (C=O) groups is 2. The number of hydrogen-bond acceptors (Lipinski definition) is 5. The van der Waals surface area contributed by atoms with Crippen LogP contribution in [0.2, 0.25) is 0 Å². The van der Waals surface area contributed by atoms with Crippen LogP contribution in [0.4, 0.5) is 5.69 Å². The zero-order valence-electron chi connectivity index (χ0n) is 12.8. The first-order valence-electron chi connectivity index (χ1n) is 7.03. The van der Waals surface area contributed by atoms with Crippen LogP contribution in [-0.2, 0) is 4.79 Å². The number of benzene rings is 2. The van der Waals surface area contributed by atoms with Crippen LogP contribution in [0.15, 0.2) is 54.6 Å². The molecule has 2 aromatic carbocycles. The van der Waals surface area contributed by atoms with E-state index in [1.165, 1.54) is 24.3 Å². The molecule has 2 aromatic rings. The minimum atomic E-state index is -0.815. The first-order chi connectivity index (χ1) is 11.5. The molecule has 0 saturated carbocycles. The Kier molecular flexibility index (Phi) is 5.45. The molecule has 0 spiro atoms. The molecule has 24 heavy (non-hydrogen) atoms. The zero-order valence-corrected chi connectivity index (χ0v) is 12.8. The Labute approximate surface area is 137 Å². The maximum absolute atomic E-state index is 11.9. The number of nitrogens with one attached hydrogen (secondary N) is 2. The third-order valence-corrected chi connectivity index (χ3v) is 3.06. The quantitative estimate of drug-likeness (QED) is 0.642. The van der Waals surface area contributed by atoms with Gasteiger partial charge in [0.2, 0.25) is 0 Å². The molecule has 0 bridgehead atoms. The van der Waals surface area contributed by atoms with Gasteiger partial charge in [-0.1, -0.05) is 18.2 Å². The molecule has 0 heterocycles. The highest BCUT2D eigenvalue weighted by Gasteiger charge is 2.16. The fourth-order valence-electron chi connectivity index (χ4n) is 1.78. The lowest BCUT2D eigenvalue weighted by atomic mass is 10.2. The molecule has 0 aliphatic heterocycles. The van der Waals surface area contributed by atoms with E-state index in [9.17, 15) is 19.7 Å². The predicted octanol–water partition coefficient (Wildman–Crippen LogP) is 1.82. The number of amides is 2. The standard InChI is InChI=1S/C16H15N3O5/c1-11(24-14-5-3-2-4-6-14)15(20)17-18-16(21)12-7-9-13(10-8-12)19(22)23/h2-11H,1H3,(H,17,20)(H,18,21). The van der Waals surface area contributed by atoms with E-state index in [4.69, 9.17) is 4.74 Å². The lowest BCUT2D eigenvalue weighted by molar-refractivity contribution is -0.384. The van der Waals surface area contributed by atoms with Gasteiger partial charge < -0.3 is 4.74 Å². The lowest BCUT2D eigenvalue weighted by Gasteiger charge is -2.15. The van der Waals surface area contributed by atoms with Gasteiger partial charge >= 0.3 is 0 Å². The molecule has 8 nitrogen and oxygen atoms in total. The Balaban J connectivity index is 1.86. The highest BCUT2D eigenvalue weighted by molar-refractivity contribution is 5.95. The third kappa shape index (κ3) is 4.54. The summed E-state index contributed by atoms with van der Waals surface area (Å²) in [6.45, 7) is 1.54. The van der Waals surface area contributed by atoms with Crippen molar-refractivity contribution in [2.75, 3.05) is 0 Å². The summed E-state index contributed by atoms with van der Waals surface area (Å²) in [5, 5.41) is 10.6. The van der Waals surface area contributed by atoms with Gasteiger partial charge in [0.15, 0.2) is 6.10 Å². The van der Waals surface area contributed by atoms with E-state index in [2.05, 4.69) is 10.9 Å². The van der Waals surface area contributed by atoms with Crippen LogP contribution in [-0.4, -0.2) is 22.8 Å². The van der Waals surface area contributed by atoms with Crippen LogP contribution in [0.5, 0.6) is 5.75 Å². The monoisotopic (exact) mass is 329 g/mol. The molecule has 124 valence electrons. The summed E-state index contributed by atoms with van der Waals surface area (Å²) in [5.41, 5.74) is 4.52. The smallest absolute Gasteiger partial charge is 0.279 e. The molecule has 2 N–H and O–H groups in total. The highest BCUT2D eigenvalue weighted by Crippen LogP contribution is 2.12. The molecular weight excluding hydrogens is 314 g/mol. The fraction of sp³-hybridized carbons (Fsp3) is 0.125. The normalized spacial score (nSPS) is 11.2. The molecule has 1 unspecified atom stereocenters. The van der Waals surface area contributed by atoms with Crippen molar-refractivity contribution in [2.45, 2.75) is 13.0 Å². The van der Waals surface area contributed by atoms with Gasteiger partial charge in [-0.05, 0) is 31.2 Å². The molecule has 0 radical (unpaired) electrons. The number of non-ortho nitro benzene ring substituents is 1. The first kappa shape index (κ1) is 16.9. The van der Waals surface area contributed by atoms with Crippen LogP contribution in [0.25, 0.3) is 0 Å². The molecule has 0 saturated heterocycles. The van der Waals surface area contributed by atoms with E-state index in [-0.39, 0.29) is 11.3 Å². The van der Waals surface area contributed by atoms with Gasteiger partial charge in [-0.3, -0.25) is 30.6 Å². The molecule has 2 amide bonds. The number of hydrogen-bond donors (Lipinski definition) is 2. The van der Waals surface area contributed by atoms with Gasteiger partial charge in [-0.25, -0.2) is 0 Å². The zero-order chi connectivity index (χ0) is 17.5. The van der Waals surface area contributed by atoms with Crippen molar-refractivity contribution in [1.82, 2.24) is 10.9 Å². The second kappa shape index (κ2) is 7.73. The molecule has 8 heteroatoms. The van der Waals surface area contributed by atoms with Crippen molar-refractivity contribution in [3.05, 3.63) is 70.3 Å². The van der Waals surface area contributed by atoms with Crippen LogP contribution >= 0.6 is 0 Å². The van der Waals surface area contributed by atoms with E-state index >= 15 is 0 Å². The summed E-state index contributed by atoms with van der Waals surface area (Å²) in [7, 11) is 0. The number of nitro benzene ring substituents is 1. The summed E-state index contributed by atoms with van der Waals surface area (Å²) in [6.07, 6.45) is -0.815. The van der Waals surface area contributed by atoms with Crippen molar-refractivity contribution in [3.63, 3.8) is 0 Å². The predicted molar refractivity (Wildman–Crippen MR) is 85.2 cm³/mol. The van der Waals surface area contributed by atoms with Crippen LogP contribution in [0.1, 0.15) is 17.3 Å². The SMILES string of the molecule is CC(Oc1ccccc1)C(=O)NNC(=O)c1ccc([N+](=O)[O-])cc1. The number of nitro groups is 1. The summed E-state index contributed by atoms with van der Waals surface area (Å²) < 4.78 is 5.42.